The molecule has 0 atom stereocenters. The van der Waals surface area contributed by atoms with Gasteiger partial charge in [-0.25, -0.2) is 0 Å². The van der Waals surface area contributed by atoms with Crippen LogP contribution in [0.4, 0.5) is 5.69 Å². The average molecular weight is 240 g/mol. The van der Waals surface area contributed by atoms with Gasteiger partial charge < -0.3 is 11.1 Å². The van der Waals surface area contributed by atoms with Crippen molar-refractivity contribution in [1.29, 1.82) is 0 Å². The number of anilines is 1. The molecule has 1 amide bonds. The summed E-state index contributed by atoms with van der Waals surface area (Å²) in [6.07, 6.45) is 8.79. The number of allylic oxidation sites excluding steroid dienone is 5. The van der Waals surface area contributed by atoms with Crippen LogP contribution in [0.5, 0.6) is 0 Å². The topological polar surface area (TPSA) is 55.1 Å². The van der Waals surface area contributed by atoms with Gasteiger partial charge >= 0.3 is 0 Å². The van der Waals surface area contributed by atoms with Crippen LogP contribution in [0, 0.1) is 0 Å². The first kappa shape index (κ1) is 12.2. The zero-order valence-corrected chi connectivity index (χ0v) is 10.3. The van der Waals surface area contributed by atoms with E-state index in [0.29, 0.717) is 11.3 Å². The van der Waals surface area contributed by atoms with Crippen molar-refractivity contribution in [2.45, 2.75) is 13.3 Å². The van der Waals surface area contributed by atoms with Crippen molar-refractivity contribution in [3.63, 3.8) is 0 Å². The van der Waals surface area contributed by atoms with Crippen molar-refractivity contribution in [3.8, 4) is 0 Å². The third-order valence-electron chi connectivity index (χ3n) is 2.72. The molecule has 2 rings (SSSR count). The van der Waals surface area contributed by atoms with Crippen molar-refractivity contribution in [2.24, 2.45) is 0 Å². The van der Waals surface area contributed by atoms with Gasteiger partial charge in [0.05, 0.1) is 0 Å². The van der Waals surface area contributed by atoms with Gasteiger partial charge in [-0.1, -0.05) is 17.7 Å². The maximum absolute atomic E-state index is 12.0. The van der Waals surface area contributed by atoms with Crippen molar-refractivity contribution in [2.75, 3.05) is 5.73 Å². The Morgan fingerprint density at radius 3 is 2.67 bits per heavy atom. The molecule has 18 heavy (non-hydrogen) atoms. The van der Waals surface area contributed by atoms with E-state index < -0.39 is 0 Å². The van der Waals surface area contributed by atoms with E-state index in [1.165, 1.54) is 5.57 Å². The molecular weight excluding hydrogens is 224 g/mol. The smallest absolute Gasteiger partial charge is 0.255 e. The highest BCUT2D eigenvalue weighted by atomic mass is 16.1. The molecule has 1 aliphatic rings. The van der Waals surface area contributed by atoms with Crippen LogP contribution in [-0.4, -0.2) is 5.91 Å². The Balaban J connectivity index is 2.10. The van der Waals surface area contributed by atoms with Gasteiger partial charge in [-0.05, 0) is 49.8 Å². The molecule has 0 fully saturated rings. The quantitative estimate of drug-likeness (QED) is 0.781. The Morgan fingerprint density at radius 2 is 1.94 bits per heavy atom. The Kier molecular flexibility index (Phi) is 3.63. The van der Waals surface area contributed by atoms with E-state index >= 15 is 0 Å². The van der Waals surface area contributed by atoms with Crippen molar-refractivity contribution in [1.82, 2.24) is 5.32 Å². The summed E-state index contributed by atoms with van der Waals surface area (Å²) in [5, 5.41) is 2.87. The minimum atomic E-state index is -0.126. The van der Waals surface area contributed by atoms with Crippen LogP contribution in [0.2, 0.25) is 0 Å². The second kappa shape index (κ2) is 5.36. The lowest BCUT2D eigenvalue weighted by Crippen LogP contribution is -2.21. The highest BCUT2D eigenvalue weighted by Gasteiger charge is 2.06. The van der Waals surface area contributed by atoms with E-state index in [-0.39, 0.29) is 5.91 Å². The van der Waals surface area contributed by atoms with Gasteiger partial charge in [-0.15, -0.1) is 0 Å². The molecule has 0 aromatic heterocycles. The second-order valence-electron chi connectivity index (χ2n) is 4.32. The summed E-state index contributed by atoms with van der Waals surface area (Å²) >= 11 is 0. The third kappa shape index (κ3) is 3.10. The summed E-state index contributed by atoms with van der Waals surface area (Å²) < 4.78 is 0. The molecule has 0 heterocycles. The molecule has 0 bridgehead atoms. The van der Waals surface area contributed by atoms with E-state index in [4.69, 9.17) is 5.73 Å². The first-order valence-corrected chi connectivity index (χ1v) is 5.86. The minimum Gasteiger partial charge on any atom is -0.399 e. The molecule has 0 aliphatic heterocycles. The monoisotopic (exact) mass is 240 g/mol. The predicted octanol–water partition coefficient (Wildman–Crippen LogP) is 2.79. The Labute approximate surface area is 107 Å². The van der Waals surface area contributed by atoms with E-state index in [1.807, 2.05) is 24.3 Å². The van der Waals surface area contributed by atoms with Crippen LogP contribution in [0.25, 0.3) is 0 Å². The fourth-order valence-electron chi connectivity index (χ4n) is 1.65. The molecule has 1 aromatic carbocycles. The van der Waals surface area contributed by atoms with E-state index in [0.717, 1.165) is 12.1 Å². The molecule has 0 saturated carbocycles. The van der Waals surface area contributed by atoms with E-state index in [2.05, 4.69) is 12.2 Å². The summed E-state index contributed by atoms with van der Waals surface area (Å²) in [7, 11) is 0. The van der Waals surface area contributed by atoms with Crippen LogP contribution in [0.1, 0.15) is 23.7 Å². The minimum absolute atomic E-state index is 0.126. The van der Waals surface area contributed by atoms with Crippen molar-refractivity contribution >= 4 is 11.6 Å². The number of benzene rings is 1. The highest BCUT2D eigenvalue weighted by Crippen LogP contribution is 2.10. The molecule has 3 N–H and O–H groups in total. The first-order chi connectivity index (χ1) is 8.65. The number of rotatable bonds is 2. The lowest BCUT2D eigenvalue weighted by Gasteiger charge is -2.05. The van der Waals surface area contributed by atoms with Gasteiger partial charge in [-0.3, -0.25) is 4.79 Å². The maximum Gasteiger partial charge on any atom is 0.255 e. The predicted molar refractivity (Wildman–Crippen MR) is 73.9 cm³/mol. The maximum atomic E-state index is 12.0. The normalized spacial score (nSPS) is 14.5. The third-order valence-corrected chi connectivity index (χ3v) is 2.72. The second-order valence-corrected chi connectivity index (χ2v) is 4.32. The lowest BCUT2D eigenvalue weighted by molar-refractivity contribution is 0.0967. The first-order valence-electron chi connectivity index (χ1n) is 5.86. The summed E-state index contributed by atoms with van der Waals surface area (Å²) in [6.45, 7) is 2.06. The molecule has 1 aliphatic carbocycles. The number of hydrogen-bond donors (Lipinski definition) is 2. The lowest BCUT2D eigenvalue weighted by atomic mass is 10.2. The van der Waals surface area contributed by atoms with Crippen LogP contribution >= 0.6 is 0 Å². The number of carbonyl (C=O) groups is 1. The SMILES string of the molecule is CC1=CC=C(NC(=O)c2ccc(N)cc2)C=CC1. The number of nitrogen functional groups attached to an aromatic ring is 1. The number of nitrogens with one attached hydrogen (secondary N) is 1. The number of carbonyl (C=O) groups excluding carboxylic acids is 1. The van der Waals surface area contributed by atoms with Gasteiger partial charge in [0.2, 0.25) is 0 Å². The van der Waals surface area contributed by atoms with Crippen molar-refractivity contribution < 1.29 is 4.79 Å². The molecule has 92 valence electrons. The van der Waals surface area contributed by atoms with Gasteiger partial charge in [0.25, 0.3) is 5.91 Å². The van der Waals surface area contributed by atoms with Crippen LogP contribution in [0.15, 0.2) is 59.8 Å². The largest absolute Gasteiger partial charge is 0.399 e. The van der Waals surface area contributed by atoms with E-state index in [9.17, 15) is 4.79 Å². The highest BCUT2D eigenvalue weighted by molar-refractivity contribution is 5.95. The Hall–Kier alpha value is -2.29. The molecule has 1 aromatic rings. The summed E-state index contributed by atoms with van der Waals surface area (Å²) in [4.78, 5) is 12.0. The summed E-state index contributed by atoms with van der Waals surface area (Å²) in [5.74, 6) is -0.126. The molecular formula is C15H16N2O. The van der Waals surface area contributed by atoms with Gasteiger partial charge in [-0.2, -0.15) is 0 Å². The molecule has 0 saturated heterocycles. The summed E-state index contributed by atoms with van der Waals surface area (Å²) in [6, 6.07) is 6.87. The molecule has 0 unspecified atom stereocenters. The van der Waals surface area contributed by atoms with Crippen LogP contribution < -0.4 is 11.1 Å². The molecule has 0 spiro atoms. The summed E-state index contributed by atoms with van der Waals surface area (Å²) in [5.41, 5.74) is 8.90. The van der Waals surface area contributed by atoms with Gasteiger partial charge in [0.1, 0.15) is 0 Å². The zero-order chi connectivity index (χ0) is 13.0. The van der Waals surface area contributed by atoms with Crippen molar-refractivity contribution in [3.05, 3.63) is 65.4 Å². The molecule has 0 radical (unpaired) electrons. The zero-order valence-electron chi connectivity index (χ0n) is 10.3. The Morgan fingerprint density at radius 1 is 1.22 bits per heavy atom. The fraction of sp³-hybridized carbons (Fsp3) is 0.133. The average Bonchev–Trinajstić information content (AvgIpc) is 2.55. The Bertz CT molecular complexity index is 536. The number of hydrogen-bond acceptors (Lipinski definition) is 2. The number of nitrogens with two attached hydrogens (primary N) is 1. The number of amides is 1. The fourth-order valence-corrected chi connectivity index (χ4v) is 1.65. The van der Waals surface area contributed by atoms with Gasteiger partial charge in [0.15, 0.2) is 0 Å². The standard InChI is InChI=1S/C15H16N2O/c1-11-3-2-4-14(10-5-11)17-15(18)12-6-8-13(16)9-7-12/h2,4-10H,3,16H2,1H3,(H,17,18). The molecule has 3 heteroatoms. The van der Waals surface area contributed by atoms with Crippen LogP contribution in [0.3, 0.4) is 0 Å². The van der Waals surface area contributed by atoms with Crippen LogP contribution in [-0.2, 0) is 0 Å². The van der Waals surface area contributed by atoms with E-state index in [1.54, 1.807) is 24.3 Å². The van der Waals surface area contributed by atoms with Gasteiger partial charge in [0, 0.05) is 16.9 Å². The molecule has 3 nitrogen and oxygen atoms in total.